The van der Waals surface area contributed by atoms with Crippen LogP contribution in [0.5, 0.6) is 5.75 Å². The van der Waals surface area contributed by atoms with E-state index >= 15 is 0 Å². The van der Waals surface area contributed by atoms with E-state index in [1.54, 1.807) is 0 Å². The fourth-order valence-electron chi connectivity index (χ4n) is 2.67. The van der Waals surface area contributed by atoms with Crippen LogP contribution in [0, 0.1) is 0 Å². The van der Waals surface area contributed by atoms with E-state index in [0.29, 0.717) is 18.2 Å². The molecule has 1 saturated carbocycles. The summed E-state index contributed by atoms with van der Waals surface area (Å²) in [6, 6.07) is 9.56. The highest BCUT2D eigenvalue weighted by Crippen LogP contribution is 2.25. The van der Waals surface area contributed by atoms with Gasteiger partial charge in [-0.3, -0.25) is 0 Å². The highest BCUT2D eigenvalue weighted by Gasteiger charge is 2.16. The van der Waals surface area contributed by atoms with Crippen molar-refractivity contribution in [1.82, 2.24) is 5.32 Å². The number of hydrogen-bond donors (Lipinski definition) is 1. The largest absolute Gasteiger partial charge is 0.490 e. The maximum Gasteiger partial charge on any atom is 0.119 e. The fraction of sp³-hybridized carbons (Fsp3) is 0.647. The standard InChI is InChI=1S/C17H27NO/c1-4-13(2)18-14(3)15-9-11-17(12-10-15)19-16-7-5-6-8-16/h9-14,16,18H,4-8H2,1-3H3. The molecule has 0 aromatic heterocycles. The molecule has 0 aliphatic heterocycles. The zero-order chi connectivity index (χ0) is 13.7. The normalized spacial score (nSPS) is 19.3. The first-order valence-electron chi connectivity index (χ1n) is 7.71. The van der Waals surface area contributed by atoms with E-state index in [0.717, 1.165) is 12.2 Å². The van der Waals surface area contributed by atoms with Gasteiger partial charge in [0.2, 0.25) is 0 Å². The Hall–Kier alpha value is -1.02. The van der Waals surface area contributed by atoms with E-state index in [1.165, 1.54) is 31.2 Å². The molecule has 0 bridgehead atoms. The average molecular weight is 261 g/mol. The van der Waals surface area contributed by atoms with E-state index < -0.39 is 0 Å². The van der Waals surface area contributed by atoms with Gasteiger partial charge in [0, 0.05) is 12.1 Å². The Balaban J connectivity index is 1.89. The molecule has 2 unspecified atom stereocenters. The molecule has 1 aliphatic carbocycles. The Morgan fingerprint density at radius 1 is 1.16 bits per heavy atom. The number of rotatable bonds is 6. The SMILES string of the molecule is CCC(C)NC(C)c1ccc(OC2CCCC2)cc1. The van der Waals surface area contributed by atoms with Gasteiger partial charge in [0.25, 0.3) is 0 Å². The number of nitrogens with one attached hydrogen (secondary N) is 1. The first kappa shape index (κ1) is 14.4. The van der Waals surface area contributed by atoms with E-state index in [2.05, 4.69) is 50.4 Å². The average Bonchev–Trinajstić information content (AvgIpc) is 2.92. The van der Waals surface area contributed by atoms with Gasteiger partial charge in [-0.1, -0.05) is 19.1 Å². The monoisotopic (exact) mass is 261 g/mol. The van der Waals surface area contributed by atoms with E-state index in [4.69, 9.17) is 4.74 Å². The summed E-state index contributed by atoms with van der Waals surface area (Å²) in [6.07, 6.45) is 6.67. The van der Waals surface area contributed by atoms with Gasteiger partial charge in [-0.2, -0.15) is 0 Å². The molecular formula is C17H27NO. The minimum absolute atomic E-state index is 0.399. The van der Waals surface area contributed by atoms with E-state index in [-0.39, 0.29) is 0 Å². The third-order valence-electron chi connectivity index (χ3n) is 4.13. The van der Waals surface area contributed by atoms with E-state index in [9.17, 15) is 0 Å². The van der Waals surface area contributed by atoms with Crippen molar-refractivity contribution >= 4 is 0 Å². The van der Waals surface area contributed by atoms with Crippen LogP contribution in [0.3, 0.4) is 0 Å². The van der Waals surface area contributed by atoms with Crippen LogP contribution >= 0.6 is 0 Å². The zero-order valence-electron chi connectivity index (χ0n) is 12.5. The van der Waals surface area contributed by atoms with Crippen molar-refractivity contribution in [3.63, 3.8) is 0 Å². The second-order valence-electron chi connectivity index (χ2n) is 5.79. The van der Waals surface area contributed by atoms with Crippen LogP contribution in [0.1, 0.15) is 64.5 Å². The van der Waals surface area contributed by atoms with Gasteiger partial charge in [0.05, 0.1) is 6.10 Å². The van der Waals surface area contributed by atoms with Gasteiger partial charge in [-0.05, 0) is 63.6 Å². The highest BCUT2D eigenvalue weighted by molar-refractivity contribution is 5.29. The van der Waals surface area contributed by atoms with Crippen molar-refractivity contribution in [2.45, 2.75) is 71.1 Å². The zero-order valence-corrected chi connectivity index (χ0v) is 12.5. The predicted molar refractivity (Wildman–Crippen MR) is 80.6 cm³/mol. The molecule has 1 fully saturated rings. The van der Waals surface area contributed by atoms with E-state index in [1.807, 2.05) is 0 Å². The summed E-state index contributed by atoms with van der Waals surface area (Å²) in [5, 5.41) is 3.60. The smallest absolute Gasteiger partial charge is 0.119 e. The molecule has 0 spiro atoms. The number of ether oxygens (including phenoxy) is 1. The summed E-state index contributed by atoms with van der Waals surface area (Å²) in [6.45, 7) is 6.66. The predicted octanol–water partition coefficient (Wildman–Crippen LogP) is 4.46. The van der Waals surface area contributed by atoms with Crippen LogP contribution in [0.15, 0.2) is 24.3 Å². The van der Waals surface area contributed by atoms with Crippen molar-refractivity contribution in [1.29, 1.82) is 0 Å². The van der Waals surface area contributed by atoms with Crippen LogP contribution in [0.25, 0.3) is 0 Å². The van der Waals surface area contributed by atoms with Gasteiger partial charge < -0.3 is 10.1 Å². The third-order valence-corrected chi connectivity index (χ3v) is 4.13. The molecule has 1 aromatic carbocycles. The summed E-state index contributed by atoms with van der Waals surface area (Å²) in [5.74, 6) is 1.02. The molecule has 2 heteroatoms. The quantitative estimate of drug-likeness (QED) is 0.816. The van der Waals surface area contributed by atoms with Crippen molar-refractivity contribution in [3.05, 3.63) is 29.8 Å². The van der Waals surface area contributed by atoms with Gasteiger partial charge >= 0.3 is 0 Å². The lowest BCUT2D eigenvalue weighted by Crippen LogP contribution is -2.28. The Labute approximate surface area is 117 Å². The summed E-state index contributed by atoms with van der Waals surface area (Å²) in [5.41, 5.74) is 1.33. The second kappa shape index (κ2) is 6.95. The summed E-state index contributed by atoms with van der Waals surface area (Å²) in [4.78, 5) is 0. The molecule has 19 heavy (non-hydrogen) atoms. The fourth-order valence-corrected chi connectivity index (χ4v) is 2.67. The van der Waals surface area contributed by atoms with Gasteiger partial charge in [-0.25, -0.2) is 0 Å². The minimum Gasteiger partial charge on any atom is -0.490 e. The lowest BCUT2D eigenvalue weighted by molar-refractivity contribution is 0.210. The Kier molecular flexibility index (Phi) is 5.26. The molecule has 0 saturated heterocycles. The molecule has 1 N–H and O–H groups in total. The Morgan fingerprint density at radius 3 is 2.37 bits per heavy atom. The first-order chi connectivity index (χ1) is 9.19. The molecule has 2 nitrogen and oxygen atoms in total. The number of hydrogen-bond acceptors (Lipinski definition) is 2. The molecule has 2 rings (SSSR count). The molecule has 1 aliphatic rings. The van der Waals surface area contributed by atoms with Crippen LogP contribution in [-0.2, 0) is 0 Å². The molecule has 0 heterocycles. The Morgan fingerprint density at radius 2 is 1.79 bits per heavy atom. The van der Waals surface area contributed by atoms with Crippen LogP contribution in [0.4, 0.5) is 0 Å². The summed E-state index contributed by atoms with van der Waals surface area (Å²) in [7, 11) is 0. The molecule has 106 valence electrons. The molecular weight excluding hydrogens is 234 g/mol. The molecule has 2 atom stereocenters. The maximum absolute atomic E-state index is 5.99. The first-order valence-corrected chi connectivity index (χ1v) is 7.71. The van der Waals surface area contributed by atoms with Gasteiger partial charge in [0.1, 0.15) is 5.75 Å². The third kappa shape index (κ3) is 4.24. The maximum atomic E-state index is 5.99. The van der Waals surface area contributed by atoms with Gasteiger partial charge in [0.15, 0.2) is 0 Å². The topological polar surface area (TPSA) is 21.3 Å². The van der Waals surface area contributed by atoms with Crippen molar-refractivity contribution in [2.24, 2.45) is 0 Å². The van der Waals surface area contributed by atoms with Gasteiger partial charge in [-0.15, -0.1) is 0 Å². The summed E-state index contributed by atoms with van der Waals surface area (Å²) < 4.78 is 5.99. The Bertz CT molecular complexity index is 367. The molecule has 0 radical (unpaired) electrons. The van der Waals surface area contributed by atoms with Crippen LogP contribution in [-0.4, -0.2) is 12.1 Å². The molecule has 0 amide bonds. The number of benzene rings is 1. The minimum atomic E-state index is 0.399. The van der Waals surface area contributed by atoms with Crippen molar-refractivity contribution in [2.75, 3.05) is 0 Å². The van der Waals surface area contributed by atoms with Crippen LogP contribution < -0.4 is 10.1 Å². The second-order valence-corrected chi connectivity index (χ2v) is 5.79. The highest BCUT2D eigenvalue weighted by atomic mass is 16.5. The molecule has 1 aromatic rings. The van der Waals surface area contributed by atoms with Crippen LogP contribution in [0.2, 0.25) is 0 Å². The van der Waals surface area contributed by atoms with Crippen molar-refractivity contribution in [3.8, 4) is 5.75 Å². The summed E-state index contributed by atoms with van der Waals surface area (Å²) >= 11 is 0. The van der Waals surface area contributed by atoms with Crippen molar-refractivity contribution < 1.29 is 4.74 Å². The lowest BCUT2D eigenvalue weighted by Gasteiger charge is -2.20. The lowest BCUT2D eigenvalue weighted by atomic mass is 10.1.